The van der Waals surface area contributed by atoms with E-state index in [0.29, 0.717) is 22.8 Å². The number of ketones is 1. The van der Waals surface area contributed by atoms with Gasteiger partial charge in [-0.05, 0) is 49.6 Å². The topological polar surface area (TPSA) is 60.9 Å². The molecule has 0 atom stereocenters. The van der Waals surface area contributed by atoms with Crippen LogP contribution in [0, 0.1) is 0 Å². The van der Waals surface area contributed by atoms with Crippen LogP contribution in [0.5, 0.6) is 0 Å². The Balaban J connectivity index is 1.62. The standard InChI is InChI=1S/C14H15N3O2S/c1-8(18)11-6-7-12(19-11)20-14-16-15-13(9-2-3-9)17(14)10-4-5-10/h6-7,9-10H,2-5H2,1H3. The van der Waals surface area contributed by atoms with Crippen molar-refractivity contribution >= 4 is 17.5 Å². The highest BCUT2D eigenvalue weighted by atomic mass is 32.2. The lowest BCUT2D eigenvalue weighted by Crippen LogP contribution is -2.01. The van der Waals surface area contributed by atoms with Crippen LogP contribution in [-0.2, 0) is 0 Å². The molecular formula is C14H15N3O2S. The lowest BCUT2D eigenvalue weighted by Gasteiger charge is -2.06. The van der Waals surface area contributed by atoms with Crippen LogP contribution in [-0.4, -0.2) is 20.5 Å². The Morgan fingerprint density at radius 2 is 2.10 bits per heavy atom. The second-order valence-electron chi connectivity index (χ2n) is 5.49. The average Bonchev–Trinajstić information content (AvgIpc) is 3.35. The van der Waals surface area contributed by atoms with E-state index in [-0.39, 0.29) is 5.78 Å². The molecule has 0 saturated heterocycles. The fourth-order valence-electron chi connectivity index (χ4n) is 2.31. The van der Waals surface area contributed by atoms with E-state index in [4.69, 9.17) is 4.42 Å². The first-order valence-electron chi connectivity index (χ1n) is 6.96. The average molecular weight is 289 g/mol. The van der Waals surface area contributed by atoms with Gasteiger partial charge >= 0.3 is 0 Å². The third-order valence-corrected chi connectivity index (χ3v) is 4.55. The molecule has 2 aromatic rings. The van der Waals surface area contributed by atoms with Gasteiger partial charge in [0.2, 0.25) is 0 Å². The van der Waals surface area contributed by atoms with Crippen LogP contribution in [0.3, 0.4) is 0 Å². The molecule has 5 nitrogen and oxygen atoms in total. The number of rotatable bonds is 5. The number of furan rings is 1. The van der Waals surface area contributed by atoms with Crippen molar-refractivity contribution in [1.82, 2.24) is 14.8 Å². The molecule has 2 aliphatic rings. The predicted octanol–water partition coefficient (Wildman–Crippen LogP) is 3.44. The van der Waals surface area contributed by atoms with E-state index in [1.807, 2.05) is 6.07 Å². The predicted molar refractivity (Wildman–Crippen MR) is 73.1 cm³/mol. The normalized spacial score (nSPS) is 18.4. The molecule has 4 rings (SSSR count). The highest BCUT2D eigenvalue weighted by Gasteiger charge is 2.36. The first-order chi connectivity index (χ1) is 9.72. The molecule has 2 saturated carbocycles. The minimum Gasteiger partial charge on any atom is -0.446 e. The molecule has 0 amide bonds. The second kappa shape index (κ2) is 4.48. The van der Waals surface area contributed by atoms with Crippen molar-refractivity contribution in [2.24, 2.45) is 0 Å². The Morgan fingerprint density at radius 3 is 2.70 bits per heavy atom. The first kappa shape index (κ1) is 12.2. The summed E-state index contributed by atoms with van der Waals surface area (Å²) in [5, 5.41) is 10.3. The Morgan fingerprint density at radius 1 is 1.30 bits per heavy atom. The van der Waals surface area contributed by atoms with Crippen molar-refractivity contribution in [1.29, 1.82) is 0 Å². The summed E-state index contributed by atoms with van der Waals surface area (Å²) >= 11 is 1.46. The largest absolute Gasteiger partial charge is 0.446 e. The molecule has 0 spiro atoms. The molecule has 0 aliphatic heterocycles. The van der Waals surface area contributed by atoms with Gasteiger partial charge in [-0.3, -0.25) is 4.79 Å². The Labute approximate surface area is 120 Å². The van der Waals surface area contributed by atoms with Gasteiger partial charge in [0.1, 0.15) is 5.82 Å². The van der Waals surface area contributed by atoms with Gasteiger partial charge in [-0.25, -0.2) is 0 Å². The molecule has 2 aromatic heterocycles. The maximum atomic E-state index is 11.3. The number of hydrogen-bond acceptors (Lipinski definition) is 5. The van der Waals surface area contributed by atoms with Crippen molar-refractivity contribution < 1.29 is 9.21 Å². The van der Waals surface area contributed by atoms with Crippen molar-refractivity contribution in [3.63, 3.8) is 0 Å². The molecule has 0 N–H and O–H groups in total. The number of Topliss-reactive ketones (excluding diaryl/α,β-unsaturated/α-hetero) is 1. The van der Waals surface area contributed by atoms with E-state index < -0.39 is 0 Å². The number of hydrogen-bond donors (Lipinski definition) is 0. The maximum absolute atomic E-state index is 11.3. The Kier molecular flexibility index (Phi) is 2.73. The van der Waals surface area contributed by atoms with Crippen molar-refractivity contribution in [3.05, 3.63) is 23.7 Å². The number of carbonyl (C=O) groups is 1. The molecule has 0 aromatic carbocycles. The summed E-state index contributed by atoms with van der Waals surface area (Å²) in [5.41, 5.74) is 0. The fourth-order valence-corrected chi connectivity index (χ4v) is 3.18. The third kappa shape index (κ3) is 2.18. The van der Waals surface area contributed by atoms with Crippen LogP contribution >= 0.6 is 11.8 Å². The summed E-state index contributed by atoms with van der Waals surface area (Å²) in [4.78, 5) is 11.3. The summed E-state index contributed by atoms with van der Waals surface area (Å²) in [6.07, 6.45) is 4.87. The van der Waals surface area contributed by atoms with Gasteiger partial charge in [0.25, 0.3) is 0 Å². The van der Waals surface area contributed by atoms with Gasteiger partial charge in [-0.1, -0.05) is 0 Å². The molecular weight excluding hydrogens is 274 g/mol. The zero-order chi connectivity index (χ0) is 13.7. The quantitative estimate of drug-likeness (QED) is 0.789. The zero-order valence-electron chi connectivity index (χ0n) is 11.2. The Bertz CT molecular complexity index is 668. The van der Waals surface area contributed by atoms with Gasteiger partial charge in [-0.15, -0.1) is 10.2 Å². The van der Waals surface area contributed by atoms with E-state index in [0.717, 1.165) is 11.0 Å². The smallest absolute Gasteiger partial charge is 0.199 e. The first-order valence-corrected chi connectivity index (χ1v) is 7.77. The van der Waals surface area contributed by atoms with Gasteiger partial charge < -0.3 is 8.98 Å². The summed E-state index contributed by atoms with van der Waals surface area (Å²) < 4.78 is 7.80. The molecule has 104 valence electrons. The summed E-state index contributed by atoms with van der Waals surface area (Å²) in [5.74, 6) is 2.07. The lowest BCUT2D eigenvalue weighted by molar-refractivity contribution is 0.0982. The van der Waals surface area contributed by atoms with Crippen LogP contribution < -0.4 is 0 Å². The van der Waals surface area contributed by atoms with Crippen LogP contribution in [0.4, 0.5) is 0 Å². The lowest BCUT2D eigenvalue weighted by atomic mass is 10.3. The van der Waals surface area contributed by atoms with Crippen LogP contribution in [0.15, 0.2) is 26.8 Å². The SMILES string of the molecule is CC(=O)c1ccc(Sc2nnc(C3CC3)n2C2CC2)o1. The highest BCUT2D eigenvalue weighted by Crippen LogP contribution is 2.46. The summed E-state index contributed by atoms with van der Waals surface area (Å²) in [7, 11) is 0. The van der Waals surface area contributed by atoms with E-state index in [1.165, 1.54) is 44.4 Å². The van der Waals surface area contributed by atoms with Gasteiger partial charge in [-0.2, -0.15) is 0 Å². The second-order valence-corrected chi connectivity index (χ2v) is 6.46. The van der Waals surface area contributed by atoms with E-state index in [2.05, 4.69) is 14.8 Å². The van der Waals surface area contributed by atoms with E-state index in [9.17, 15) is 4.79 Å². The van der Waals surface area contributed by atoms with Crippen molar-refractivity contribution in [2.45, 2.75) is 54.8 Å². The molecule has 2 fully saturated rings. The fraction of sp³-hybridized carbons (Fsp3) is 0.500. The molecule has 0 unspecified atom stereocenters. The third-order valence-electron chi connectivity index (χ3n) is 3.67. The molecule has 20 heavy (non-hydrogen) atoms. The minimum atomic E-state index is -0.0563. The van der Waals surface area contributed by atoms with Gasteiger partial charge in [0.15, 0.2) is 21.8 Å². The van der Waals surface area contributed by atoms with Crippen LogP contribution in [0.2, 0.25) is 0 Å². The summed E-state index contributed by atoms with van der Waals surface area (Å²) in [6.45, 7) is 1.51. The van der Waals surface area contributed by atoms with Crippen molar-refractivity contribution in [2.75, 3.05) is 0 Å². The highest BCUT2D eigenvalue weighted by molar-refractivity contribution is 7.99. The van der Waals surface area contributed by atoms with Gasteiger partial charge in [0.05, 0.1) is 0 Å². The monoisotopic (exact) mass is 289 g/mol. The molecule has 2 heterocycles. The zero-order valence-corrected chi connectivity index (χ0v) is 12.0. The Hall–Kier alpha value is -1.56. The number of aromatic nitrogens is 3. The van der Waals surface area contributed by atoms with Crippen LogP contribution in [0.1, 0.15) is 60.9 Å². The van der Waals surface area contributed by atoms with Crippen LogP contribution in [0.25, 0.3) is 0 Å². The van der Waals surface area contributed by atoms with E-state index in [1.54, 1.807) is 6.07 Å². The maximum Gasteiger partial charge on any atom is 0.199 e. The van der Waals surface area contributed by atoms with Gasteiger partial charge in [0, 0.05) is 18.9 Å². The molecule has 0 bridgehead atoms. The number of nitrogens with zero attached hydrogens (tertiary/aromatic N) is 3. The molecule has 6 heteroatoms. The van der Waals surface area contributed by atoms with E-state index >= 15 is 0 Å². The van der Waals surface area contributed by atoms with Crippen molar-refractivity contribution in [3.8, 4) is 0 Å². The minimum absolute atomic E-state index is 0.0563. The molecule has 0 radical (unpaired) electrons. The molecule has 2 aliphatic carbocycles. The number of carbonyl (C=O) groups excluding carboxylic acids is 1. The summed E-state index contributed by atoms with van der Waals surface area (Å²) in [6, 6.07) is 4.10.